The molecular weight excluding hydrogens is 223 g/mol. The lowest BCUT2D eigenvalue weighted by Gasteiger charge is -2.26. The highest BCUT2D eigenvalue weighted by atomic mass is 35.5. The summed E-state index contributed by atoms with van der Waals surface area (Å²) in [6, 6.07) is 0. The van der Waals surface area contributed by atoms with Crippen LogP contribution in [0.15, 0.2) is 0 Å². The molecule has 0 aromatic heterocycles. The fourth-order valence-electron chi connectivity index (χ4n) is 1.48. The summed E-state index contributed by atoms with van der Waals surface area (Å²) in [5.41, 5.74) is 5.41. The van der Waals surface area contributed by atoms with Gasteiger partial charge in [0.15, 0.2) is 0 Å². The first-order valence-electron chi connectivity index (χ1n) is 4.93. The van der Waals surface area contributed by atoms with Crippen LogP contribution in [0.25, 0.3) is 0 Å². The molecular formula is C9H22Cl2N2O. The third kappa shape index (κ3) is 7.83. The van der Waals surface area contributed by atoms with Crippen LogP contribution in [0.1, 0.15) is 19.3 Å². The molecule has 0 atom stereocenters. The van der Waals surface area contributed by atoms with Crippen molar-refractivity contribution in [1.29, 1.82) is 0 Å². The Kier molecular flexibility index (Phi) is 13.9. The van der Waals surface area contributed by atoms with Crippen LogP contribution in [-0.2, 0) is 4.74 Å². The van der Waals surface area contributed by atoms with Gasteiger partial charge in [0.05, 0.1) is 13.2 Å². The van der Waals surface area contributed by atoms with E-state index in [1.807, 2.05) is 0 Å². The van der Waals surface area contributed by atoms with E-state index in [-0.39, 0.29) is 24.8 Å². The molecule has 3 nitrogen and oxygen atoms in total. The summed E-state index contributed by atoms with van der Waals surface area (Å²) in [5, 5.41) is 0. The Morgan fingerprint density at radius 1 is 1.00 bits per heavy atom. The molecule has 0 bridgehead atoms. The standard InChI is InChI=1S/C9H20N2O.2ClH/c10-4-2-1-3-5-11-6-8-12-9-7-11;;/h1-10H2;2*1H. The minimum Gasteiger partial charge on any atom is -0.379 e. The summed E-state index contributed by atoms with van der Waals surface area (Å²) in [6.45, 7) is 6.12. The second-order valence-electron chi connectivity index (χ2n) is 3.30. The Hall–Kier alpha value is 0.460. The molecule has 5 heteroatoms. The van der Waals surface area contributed by atoms with Crippen molar-refractivity contribution in [2.75, 3.05) is 39.4 Å². The maximum absolute atomic E-state index is 5.41. The van der Waals surface area contributed by atoms with Crippen molar-refractivity contribution in [3.05, 3.63) is 0 Å². The van der Waals surface area contributed by atoms with E-state index in [0.29, 0.717) is 0 Å². The zero-order valence-corrected chi connectivity index (χ0v) is 10.2. The smallest absolute Gasteiger partial charge is 0.0594 e. The molecule has 1 rings (SSSR count). The predicted molar refractivity (Wildman–Crippen MR) is 64.7 cm³/mol. The lowest BCUT2D eigenvalue weighted by molar-refractivity contribution is 0.0371. The number of nitrogens with zero attached hydrogens (tertiary/aromatic N) is 1. The first kappa shape index (κ1) is 16.9. The van der Waals surface area contributed by atoms with Gasteiger partial charge in [-0.25, -0.2) is 0 Å². The van der Waals surface area contributed by atoms with Crippen LogP contribution >= 0.6 is 24.8 Å². The monoisotopic (exact) mass is 244 g/mol. The highest BCUT2D eigenvalue weighted by molar-refractivity contribution is 5.85. The molecule has 0 spiro atoms. The van der Waals surface area contributed by atoms with Gasteiger partial charge in [-0.15, -0.1) is 24.8 Å². The first-order valence-corrected chi connectivity index (χ1v) is 4.93. The van der Waals surface area contributed by atoms with E-state index in [2.05, 4.69) is 4.90 Å². The number of hydrogen-bond donors (Lipinski definition) is 1. The van der Waals surface area contributed by atoms with Gasteiger partial charge in [-0.2, -0.15) is 0 Å². The van der Waals surface area contributed by atoms with Gasteiger partial charge in [0.2, 0.25) is 0 Å². The molecule has 0 aliphatic carbocycles. The largest absolute Gasteiger partial charge is 0.379 e. The van der Waals surface area contributed by atoms with Crippen LogP contribution in [0.5, 0.6) is 0 Å². The molecule has 1 heterocycles. The Morgan fingerprint density at radius 3 is 2.21 bits per heavy atom. The van der Waals surface area contributed by atoms with E-state index in [9.17, 15) is 0 Å². The predicted octanol–water partition coefficient (Wildman–Crippen LogP) is 1.29. The van der Waals surface area contributed by atoms with E-state index < -0.39 is 0 Å². The van der Waals surface area contributed by atoms with Gasteiger partial charge in [0.1, 0.15) is 0 Å². The van der Waals surface area contributed by atoms with Gasteiger partial charge in [0, 0.05) is 13.1 Å². The molecule has 0 radical (unpaired) electrons. The molecule has 1 saturated heterocycles. The zero-order valence-electron chi connectivity index (χ0n) is 8.61. The van der Waals surface area contributed by atoms with Crippen LogP contribution < -0.4 is 5.73 Å². The normalized spacial score (nSPS) is 16.9. The molecule has 0 aromatic rings. The van der Waals surface area contributed by atoms with Crippen molar-refractivity contribution in [2.45, 2.75) is 19.3 Å². The summed E-state index contributed by atoms with van der Waals surface area (Å²) in [5.74, 6) is 0. The highest BCUT2D eigenvalue weighted by Gasteiger charge is 2.08. The average molecular weight is 245 g/mol. The van der Waals surface area contributed by atoms with Gasteiger partial charge in [-0.1, -0.05) is 6.42 Å². The van der Waals surface area contributed by atoms with E-state index in [4.69, 9.17) is 10.5 Å². The van der Waals surface area contributed by atoms with Gasteiger partial charge >= 0.3 is 0 Å². The Morgan fingerprint density at radius 2 is 1.64 bits per heavy atom. The van der Waals surface area contributed by atoms with Gasteiger partial charge in [0.25, 0.3) is 0 Å². The van der Waals surface area contributed by atoms with Crippen molar-refractivity contribution in [1.82, 2.24) is 4.90 Å². The number of ether oxygens (including phenoxy) is 1. The zero-order chi connectivity index (χ0) is 8.65. The minimum absolute atomic E-state index is 0. The quantitative estimate of drug-likeness (QED) is 0.742. The maximum atomic E-state index is 5.41. The van der Waals surface area contributed by atoms with Crippen LogP contribution in [-0.4, -0.2) is 44.3 Å². The van der Waals surface area contributed by atoms with E-state index in [1.165, 1.54) is 25.8 Å². The number of rotatable bonds is 5. The Balaban J connectivity index is 0. The SMILES string of the molecule is Cl.Cl.NCCCCCN1CCOCC1. The number of unbranched alkanes of at least 4 members (excludes halogenated alkanes) is 2. The van der Waals surface area contributed by atoms with E-state index >= 15 is 0 Å². The van der Waals surface area contributed by atoms with Gasteiger partial charge in [-0.3, -0.25) is 4.90 Å². The summed E-state index contributed by atoms with van der Waals surface area (Å²) < 4.78 is 5.27. The first-order chi connectivity index (χ1) is 5.93. The van der Waals surface area contributed by atoms with Crippen molar-refractivity contribution in [2.24, 2.45) is 5.73 Å². The van der Waals surface area contributed by atoms with Crippen LogP contribution in [0.4, 0.5) is 0 Å². The number of morpholine rings is 1. The number of halogens is 2. The summed E-state index contributed by atoms with van der Waals surface area (Å²) in [7, 11) is 0. The van der Waals surface area contributed by atoms with Crippen molar-refractivity contribution < 1.29 is 4.74 Å². The number of hydrogen-bond acceptors (Lipinski definition) is 3. The third-order valence-corrected chi connectivity index (χ3v) is 2.28. The lowest BCUT2D eigenvalue weighted by Crippen LogP contribution is -2.36. The minimum atomic E-state index is 0. The van der Waals surface area contributed by atoms with Gasteiger partial charge in [-0.05, 0) is 25.9 Å². The van der Waals surface area contributed by atoms with Crippen molar-refractivity contribution in [3.63, 3.8) is 0 Å². The average Bonchev–Trinajstić information content (AvgIpc) is 2.14. The molecule has 2 N–H and O–H groups in total. The Bertz CT molecular complexity index is 111. The van der Waals surface area contributed by atoms with Gasteiger partial charge < -0.3 is 10.5 Å². The molecule has 0 unspecified atom stereocenters. The molecule has 1 aliphatic heterocycles. The highest BCUT2D eigenvalue weighted by Crippen LogP contribution is 2.01. The molecule has 88 valence electrons. The van der Waals surface area contributed by atoms with Crippen LogP contribution in [0, 0.1) is 0 Å². The second kappa shape index (κ2) is 11.5. The third-order valence-electron chi connectivity index (χ3n) is 2.28. The number of nitrogens with two attached hydrogens (primary N) is 1. The molecule has 1 fully saturated rings. The summed E-state index contributed by atoms with van der Waals surface area (Å²) in [6.07, 6.45) is 3.73. The topological polar surface area (TPSA) is 38.5 Å². The molecule has 1 aliphatic rings. The van der Waals surface area contributed by atoms with Crippen LogP contribution in [0.3, 0.4) is 0 Å². The summed E-state index contributed by atoms with van der Waals surface area (Å²) >= 11 is 0. The lowest BCUT2D eigenvalue weighted by atomic mass is 10.2. The Labute approximate surface area is 99.2 Å². The summed E-state index contributed by atoms with van der Waals surface area (Å²) in [4.78, 5) is 2.47. The van der Waals surface area contributed by atoms with Crippen molar-refractivity contribution >= 4 is 24.8 Å². The fourth-order valence-corrected chi connectivity index (χ4v) is 1.48. The molecule has 0 aromatic carbocycles. The van der Waals surface area contributed by atoms with Crippen LogP contribution in [0.2, 0.25) is 0 Å². The van der Waals surface area contributed by atoms with E-state index in [0.717, 1.165) is 32.8 Å². The molecule has 0 amide bonds. The fraction of sp³-hybridized carbons (Fsp3) is 1.00. The maximum Gasteiger partial charge on any atom is 0.0594 e. The second-order valence-corrected chi connectivity index (χ2v) is 3.30. The van der Waals surface area contributed by atoms with Crippen molar-refractivity contribution in [3.8, 4) is 0 Å². The molecule has 0 saturated carbocycles. The van der Waals surface area contributed by atoms with E-state index in [1.54, 1.807) is 0 Å². The molecule has 14 heavy (non-hydrogen) atoms.